The van der Waals surface area contributed by atoms with Crippen molar-refractivity contribution in [3.8, 4) is 5.75 Å². The monoisotopic (exact) mass is 476 g/mol. The average Bonchev–Trinajstić information content (AvgIpc) is 2.77. The smallest absolute Gasteiger partial charge is 0.259 e. The molecule has 3 aromatic carbocycles. The second kappa shape index (κ2) is 11.0. The molecule has 0 saturated carbocycles. The van der Waals surface area contributed by atoms with Crippen molar-refractivity contribution in [2.75, 3.05) is 11.9 Å². The van der Waals surface area contributed by atoms with Crippen molar-refractivity contribution in [2.24, 2.45) is 10.2 Å². The van der Waals surface area contributed by atoms with Crippen LogP contribution in [0.4, 0.5) is 17.1 Å². The van der Waals surface area contributed by atoms with Crippen molar-refractivity contribution in [3.63, 3.8) is 0 Å². The van der Waals surface area contributed by atoms with E-state index in [1.54, 1.807) is 36.4 Å². The van der Waals surface area contributed by atoms with Gasteiger partial charge in [-0.15, -0.1) is 0 Å². The Hall–Kier alpha value is -2.80. The predicted octanol–water partition coefficient (Wildman–Crippen LogP) is 6.41. The second-order valence-electron chi connectivity index (χ2n) is 6.37. The van der Waals surface area contributed by atoms with Crippen LogP contribution in [0.15, 0.2) is 95.2 Å². The number of nitrogens with zero attached hydrogens (tertiary/aromatic N) is 2. The first-order chi connectivity index (χ1) is 14.9. The van der Waals surface area contributed by atoms with Gasteiger partial charge in [-0.1, -0.05) is 71.2 Å². The molecule has 0 aliphatic rings. The number of hydrogen-bond acceptors (Lipinski definition) is 5. The van der Waals surface area contributed by atoms with Crippen molar-refractivity contribution < 1.29 is 9.53 Å². The number of carbonyl (C=O) groups is 1. The summed E-state index contributed by atoms with van der Waals surface area (Å²) in [6.45, 7) is -0.220. The SMILES string of the molecule is O=C(COc1ccccc1)N[C@H](Nc1ccc(N=Nc2ccccc2)cc1)C(Cl)(Cl)Cl. The molecule has 0 bridgehead atoms. The van der Waals surface area contributed by atoms with Gasteiger partial charge in [-0.25, -0.2) is 0 Å². The van der Waals surface area contributed by atoms with Crippen LogP contribution >= 0.6 is 34.8 Å². The van der Waals surface area contributed by atoms with Gasteiger partial charge in [0.25, 0.3) is 5.91 Å². The van der Waals surface area contributed by atoms with Crippen molar-refractivity contribution in [2.45, 2.75) is 9.96 Å². The number of carbonyl (C=O) groups excluding carboxylic acids is 1. The molecule has 2 N–H and O–H groups in total. The summed E-state index contributed by atoms with van der Waals surface area (Å²) in [4.78, 5) is 12.3. The largest absolute Gasteiger partial charge is 0.484 e. The van der Waals surface area contributed by atoms with Crippen LogP contribution in [0.5, 0.6) is 5.75 Å². The maximum Gasteiger partial charge on any atom is 0.259 e. The van der Waals surface area contributed by atoms with E-state index in [2.05, 4.69) is 20.9 Å². The van der Waals surface area contributed by atoms with E-state index in [0.29, 0.717) is 17.1 Å². The molecule has 0 spiro atoms. The number of benzene rings is 3. The summed E-state index contributed by atoms with van der Waals surface area (Å²) in [5.74, 6) is 0.122. The van der Waals surface area contributed by atoms with Gasteiger partial charge in [0.15, 0.2) is 6.61 Å². The van der Waals surface area contributed by atoms with E-state index in [1.807, 2.05) is 48.5 Å². The highest BCUT2D eigenvalue weighted by Crippen LogP contribution is 2.31. The summed E-state index contributed by atoms with van der Waals surface area (Å²) >= 11 is 18.1. The van der Waals surface area contributed by atoms with Crippen LogP contribution in [0, 0.1) is 0 Å². The van der Waals surface area contributed by atoms with Gasteiger partial charge >= 0.3 is 0 Å². The van der Waals surface area contributed by atoms with E-state index >= 15 is 0 Å². The fourth-order valence-electron chi connectivity index (χ4n) is 2.47. The summed E-state index contributed by atoms with van der Waals surface area (Å²) < 4.78 is 3.62. The van der Waals surface area contributed by atoms with Gasteiger partial charge in [0.05, 0.1) is 11.4 Å². The minimum absolute atomic E-state index is 0.220. The number of rotatable bonds is 8. The Labute approximate surface area is 195 Å². The number of nitrogens with one attached hydrogen (secondary N) is 2. The molecule has 0 fully saturated rings. The number of ether oxygens (including phenoxy) is 1. The lowest BCUT2D eigenvalue weighted by Gasteiger charge is -2.27. The molecule has 31 heavy (non-hydrogen) atoms. The van der Waals surface area contributed by atoms with Crippen LogP contribution in [0.25, 0.3) is 0 Å². The van der Waals surface area contributed by atoms with Gasteiger partial charge < -0.3 is 15.4 Å². The molecule has 3 rings (SSSR count). The molecular weight excluding hydrogens is 459 g/mol. The number of amides is 1. The number of alkyl halides is 3. The minimum atomic E-state index is -1.80. The van der Waals surface area contributed by atoms with Crippen LogP contribution in [0.3, 0.4) is 0 Å². The van der Waals surface area contributed by atoms with Crippen LogP contribution in [0.2, 0.25) is 0 Å². The minimum Gasteiger partial charge on any atom is -0.484 e. The first-order valence-electron chi connectivity index (χ1n) is 9.27. The lowest BCUT2D eigenvalue weighted by Crippen LogP contribution is -2.50. The Morgan fingerprint density at radius 3 is 1.97 bits per heavy atom. The van der Waals surface area contributed by atoms with Gasteiger partial charge in [-0.05, 0) is 48.5 Å². The average molecular weight is 478 g/mol. The third-order valence-corrected chi connectivity index (χ3v) is 4.62. The summed E-state index contributed by atoms with van der Waals surface area (Å²) in [5, 5.41) is 14.0. The van der Waals surface area contributed by atoms with Gasteiger partial charge in [-0.3, -0.25) is 4.79 Å². The van der Waals surface area contributed by atoms with E-state index in [1.165, 1.54) is 0 Å². The van der Waals surface area contributed by atoms with E-state index in [-0.39, 0.29) is 6.61 Å². The van der Waals surface area contributed by atoms with Crippen molar-refractivity contribution in [1.29, 1.82) is 0 Å². The molecule has 3 aromatic rings. The van der Waals surface area contributed by atoms with Crippen LogP contribution in [-0.4, -0.2) is 22.5 Å². The first kappa shape index (κ1) is 22.9. The number of azo groups is 1. The zero-order chi connectivity index (χ0) is 22.1. The second-order valence-corrected chi connectivity index (χ2v) is 8.74. The highest BCUT2D eigenvalue weighted by Gasteiger charge is 2.34. The number of para-hydroxylation sites is 1. The molecule has 1 atom stereocenters. The first-order valence-corrected chi connectivity index (χ1v) is 10.4. The molecule has 0 aliphatic heterocycles. The van der Waals surface area contributed by atoms with Crippen LogP contribution < -0.4 is 15.4 Å². The van der Waals surface area contributed by atoms with E-state index in [4.69, 9.17) is 39.5 Å². The summed E-state index contributed by atoms with van der Waals surface area (Å²) in [5.41, 5.74) is 2.03. The Balaban J connectivity index is 1.58. The molecule has 1 amide bonds. The molecular formula is C22H19Cl3N4O2. The number of hydrogen-bond donors (Lipinski definition) is 2. The van der Waals surface area contributed by atoms with Crippen molar-refractivity contribution >= 4 is 57.8 Å². The summed E-state index contributed by atoms with van der Waals surface area (Å²) in [6.07, 6.45) is -0.985. The van der Waals surface area contributed by atoms with Crippen LogP contribution in [-0.2, 0) is 4.79 Å². The zero-order valence-corrected chi connectivity index (χ0v) is 18.5. The molecule has 0 aromatic heterocycles. The molecule has 0 saturated heterocycles. The van der Waals surface area contributed by atoms with Gasteiger partial charge in [-0.2, -0.15) is 10.2 Å². The lowest BCUT2D eigenvalue weighted by atomic mass is 10.3. The zero-order valence-electron chi connectivity index (χ0n) is 16.2. The molecule has 160 valence electrons. The third kappa shape index (κ3) is 7.75. The predicted molar refractivity (Wildman–Crippen MR) is 125 cm³/mol. The topological polar surface area (TPSA) is 75.1 Å². The molecule has 0 aliphatic carbocycles. The van der Waals surface area contributed by atoms with Gasteiger partial charge in [0.1, 0.15) is 11.9 Å². The van der Waals surface area contributed by atoms with Crippen molar-refractivity contribution in [3.05, 3.63) is 84.9 Å². The van der Waals surface area contributed by atoms with Gasteiger partial charge in [0, 0.05) is 5.69 Å². The van der Waals surface area contributed by atoms with E-state index in [0.717, 1.165) is 5.69 Å². The van der Waals surface area contributed by atoms with Crippen LogP contribution in [0.1, 0.15) is 0 Å². The Morgan fingerprint density at radius 2 is 1.39 bits per heavy atom. The summed E-state index contributed by atoms with van der Waals surface area (Å²) in [7, 11) is 0. The fraction of sp³-hybridized carbons (Fsp3) is 0.136. The fourth-order valence-corrected chi connectivity index (χ4v) is 2.80. The Morgan fingerprint density at radius 1 is 0.839 bits per heavy atom. The molecule has 0 unspecified atom stereocenters. The molecule has 6 nitrogen and oxygen atoms in total. The molecule has 0 heterocycles. The van der Waals surface area contributed by atoms with Crippen molar-refractivity contribution in [1.82, 2.24) is 5.32 Å². The Kier molecular flexibility index (Phi) is 8.12. The summed E-state index contributed by atoms with van der Waals surface area (Å²) in [6, 6.07) is 25.4. The van der Waals surface area contributed by atoms with E-state index in [9.17, 15) is 4.79 Å². The number of anilines is 1. The normalized spacial score (nSPS) is 12.4. The highest BCUT2D eigenvalue weighted by molar-refractivity contribution is 6.68. The number of halogens is 3. The quantitative estimate of drug-likeness (QED) is 0.224. The third-order valence-electron chi connectivity index (χ3n) is 3.96. The standard InChI is InChI=1S/C22H19Cl3N4O2/c23-22(24,25)21(27-20(30)15-31-19-9-5-2-6-10-19)26-16-11-13-18(14-12-16)29-28-17-7-3-1-4-8-17/h1-14,21,26H,15H2,(H,27,30)/t21-/m0/s1. The molecule has 0 radical (unpaired) electrons. The molecule has 9 heteroatoms. The maximum atomic E-state index is 12.3. The van der Waals surface area contributed by atoms with E-state index < -0.39 is 15.9 Å². The lowest BCUT2D eigenvalue weighted by molar-refractivity contribution is -0.123. The highest BCUT2D eigenvalue weighted by atomic mass is 35.6. The Bertz CT molecular complexity index is 995. The maximum absolute atomic E-state index is 12.3. The van der Waals surface area contributed by atoms with Gasteiger partial charge in [0.2, 0.25) is 3.79 Å².